The Hall–Kier alpha value is -2.36. The van der Waals surface area contributed by atoms with Crippen LogP contribution in [0.2, 0.25) is 0 Å². The van der Waals surface area contributed by atoms with Crippen LogP contribution in [0, 0.1) is 11.3 Å². The van der Waals surface area contributed by atoms with Crippen molar-refractivity contribution < 1.29 is 18.8 Å². The summed E-state index contributed by atoms with van der Waals surface area (Å²) < 4.78 is 17.4. The monoisotopic (exact) mass is 379 g/mol. The van der Waals surface area contributed by atoms with E-state index in [4.69, 9.17) is 19.3 Å². The Kier molecular flexibility index (Phi) is 6.38. The number of esters is 1. The van der Waals surface area contributed by atoms with E-state index in [1.807, 2.05) is 32.9 Å². The van der Waals surface area contributed by atoms with Crippen LogP contribution in [0.15, 0.2) is 42.5 Å². The number of carbonyl (C=O) groups excluding carboxylic acids is 1. The van der Waals surface area contributed by atoms with Crippen molar-refractivity contribution >= 4 is 23.9 Å². The smallest absolute Gasteiger partial charge is 0.460 e. The van der Waals surface area contributed by atoms with Gasteiger partial charge in [0, 0.05) is 6.32 Å². The zero-order valence-corrected chi connectivity index (χ0v) is 16.7. The average Bonchev–Trinajstić information content (AvgIpc) is 2.60. The molecule has 6 heteroatoms. The summed E-state index contributed by atoms with van der Waals surface area (Å²) in [5.41, 5.74) is 0.566. The molecule has 1 aliphatic heterocycles. The first-order valence-corrected chi connectivity index (χ1v) is 9.70. The number of hydrogen-bond acceptors (Lipinski definition) is 5. The minimum Gasteiger partial charge on any atom is -0.460 e. The quantitative estimate of drug-likeness (QED) is 0.575. The van der Waals surface area contributed by atoms with Gasteiger partial charge in [-0.1, -0.05) is 42.5 Å². The lowest BCUT2D eigenvalue weighted by Crippen LogP contribution is -2.44. The third-order valence-corrected chi connectivity index (χ3v) is 4.56. The molecule has 3 rings (SSSR count). The number of nitriles is 1. The van der Waals surface area contributed by atoms with Crippen molar-refractivity contribution in [3.8, 4) is 6.07 Å². The van der Waals surface area contributed by atoms with Crippen molar-refractivity contribution in [2.75, 3.05) is 0 Å². The Morgan fingerprint density at radius 3 is 2.61 bits per heavy atom. The third kappa shape index (κ3) is 5.82. The Labute approximate surface area is 166 Å². The van der Waals surface area contributed by atoms with Crippen molar-refractivity contribution in [2.45, 2.75) is 64.2 Å². The van der Waals surface area contributed by atoms with E-state index in [0.29, 0.717) is 12.7 Å². The molecule has 0 aromatic heterocycles. The molecule has 2 atom stereocenters. The molecule has 0 unspecified atom stereocenters. The van der Waals surface area contributed by atoms with Crippen molar-refractivity contribution in [3.05, 3.63) is 48.0 Å². The number of hydrogen-bond donors (Lipinski definition) is 0. The van der Waals surface area contributed by atoms with Gasteiger partial charge < -0.3 is 14.0 Å². The summed E-state index contributed by atoms with van der Waals surface area (Å²) in [6.45, 7) is 5.53. The standard InChI is InChI=1S/C22H26BNO4/c1-22(2,3)26-21(25)14-20-13-19(10-11-24)27-23(28-20)15-16-8-9-17-6-4-5-7-18(17)12-16/h4-9,12,19-20H,10,13-15H2,1-3H3/t19-,20-/m1/s1. The molecule has 2 aromatic carbocycles. The maximum absolute atomic E-state index is 12.2. The van der Waals surface area contributed by atoms with E-state index < -0.39 is 12.7 Å². The van der Waals surface area contributed by atoms with E-state index in [9.17, 15) is 4.79 Å². The van der Waals surface area contributed by atoms with Crippen LogP contribution in [0.5, 0.6) is 0 Å². The zero-order valence-electron chi connectivity index (χ0n) is 16.7. The summed E-state index contributed by atoms with van der Waals surface area (Å²) in [5, 5.41) is 11.4. The van der Waals surface area contributed by atoms with Gasteiger partial charge in [-0.3, -0.25) is 4.79 Å². The molecule has 0 aliphatic carbocycles. The highest BCUT2D eigenvalue weighted by atomic mass is 16.6. The first-order valence-electron chi connectivity index (χ1n) is 9.70. The highest BCUT2D eigenvalue weighted by molar-refractivity contribution is 6.44. The molecule has 0 spiro atoms. The summed E-state index contributed by atoms with van der Waals surface area (Å²) in [6.07, 6.45) is 0.974. The topological polar surface area (TPSA) is 68.6 Å². The van der Waals surface area contributed by atoms with E-state index in [1.165, 1.54) is 5.39 Å². The normalized spacial score (nSPS) is 20.0. The fourth-order valence-electron chi connectivity index (χ4n) is 3.45. The summed E-state index contributed by atoms with van der Waals surface area (Å²) >= 11 is 0. The van der Waals surface area contributed by atoms with Crippen molar-refractivity contribution in [1.29, 1.82) is 5.26 Å². The van der Waals surface area contributed by atoms with E-state index >= 15 is 0 Å². The van der Waals surface area contributed by atoms with Crippen molar-refractivity contribution in [3.63, 3.8) is 0 Å². The molecule has 2 aromatic rings. The van der Waals surface area contributed by atoms with Crippen LogP contribution < -0.4 is 0 Å². The van der Waals surface area contributed by atoms with Gasteiger partial charge in [0.25, 0.3) is 0 Å². The molecule has 0 amide bonds. The Morgan fingerprint density at radius 1 is 1.18 bits per heavy atom. The number of nitrogens with zero attached hydrogens (tertiary/aromatic N) is 1. The minimum atomic E-state index is -0.529. The molecule has 1 fully saturated rings. The molecule has 28 heavy (non-hydrogen) atoms. The van der Waals surface area contributed by atoms with Crippen LogP contribution in [-0.4, -0.2) is 30.9 Å². The fourth-order valence-corrected chi connectivity index (χ4v) is 3.45. The van der Waals surface area contributed by atoms with E-state index in [1.54, 1.807) is 0 Å². The molecule has 0 bridgehead atoms. The molecule has 1 heterocycles. The van der Waals surface area contributed by atoms with E-state index in [-0.39, 0.29) is 31.0 Å². The average molecular weight is 379 g/mol. The summed E-state index contributed by atoms with van der Waals surface area (Å²) in [7, 11) is -0.485. The molecule has 146 valence electrons. The van der Waals surface area contributed by atoms with Crippen molar-refractivity contribution in [1.82, 2.24) is 0 Å². The largest absolute Gasteiger partial charge is 0.461 e. The van der Waals surface area contributed by atoms with Gasteiger partial charge in [-0.2, -0.15) is 5.26 Å². The first-order chi connectivity index (χ1) is 13.3. The molecular weight excluding hydrogens is 353 g/mol. The van der Waals surface area contributed by atoms with Gasteiger partial charge in [-0.05, 0) is 43.5 Å². The van der Waals surface area contributed by atoms with Crippen LogP contribution >= 0.6 is 0 Å². The number of fused-ring (bicyclic) bond motifs is 1. The minimum absolute atomic E-state index is 0.163. The fraction of sp³-hybridized carbons (Fsp3) is 0.455. The number of ether oxygens (including phenoxy) is 1. The van der Waals surface area contributed by atoms with Crippen LogP contribution in [0.1, 0.15) is 45.6 Å². The Morgan fingerprint density at radius 2 is 1.89 bits per heavy atom. The number of benzene rings is 2. The van der Waals surface area contributed by atoms with Gasteiger partial charge in [0.2, 0.25) is 0 Å². The second-order valence-corrected chi connectivity index (χ2v) is 8.22. The first kappa shape index (κ1) is 20.4. The summed E-state index contributed by atoms with van der Waals surface area (Å²) in [4.78, 5) is 12.2. The van der Waals surface area contributed by atoms with Gasteiger partial charge in [-0.15, -0.1) is 0 Å². The SMILES string of the molecule is CC(C)(C)OC(=O)C[C@H]1C[C@@H](CC#N)OB(Cc2ccc3ccccc3c2)O1. The van der Waals surface area contributed by atoms with Crippen LogP contribution in [0.25, 0.3) is 10.8 Å². The second kappa shape index (κ2) is 8.77. The highest BCUT2D eigenvalue weighted by Crippen LogP contribution is 2.25. The van der Waals surface area contributed by atoms with Crippen LogP contribution in [-0.2, 0) is 25.2 Å². The lowest BCUT2D eigenvalue weighted by molar-refractivity contribution is -0.157. The summed E-state index contributed by atoms with van der Waals surface area (Å²) in [6, 6.07) is 16.6. The molecular formula is C22H26BNO4. The molecule has 1 saturated heterocycles. The lowest BCUT2D eigenvalue weighted by atomic mass is 9.77. The molecule has 0 N–H and O–H groups in total. The predicted molar refractivity (Wildman–Crippen MR) is 108 cm³/mol. The van der Waals surface area contributed by atoms with Gasteiger partial charge >= 0.3 is 13.1 Å². The molecule has 0 radical (unpaired) electrons. The van der Waals surface area contributed by atoms with Gasteiger partial charge in [-0.25, -0.2) is 0 Å². The second-order valence-electron chi connectivity index (χ2n) is 8.22. The Balaban J connectivity index is 1.68. The summed E-state index contributed by atoms with van der Waals surface area (Å²) in [5.74, 6) is -0.292. The van der Waals surface area contributed by atoms with E-state index in [0.717, 1.165) is 10.9 Å². The van der Waals surface area contributed by atoms with E-state index in [2.05, 4.69) is 36.4 Å². The molecule has 0 saturated carbocycles. The van der Waals surface area contributed by atoms with Crippen LogP contribution in [0.3, 0.4) is 0 Å². The lowest BCUT2D eigenvalue weighted by Gasteiger charge is -2.33. The predicted octanol–water partition coefficient (Wildman–Crippen LogP) is 4.23. The number of rotatable bonds is 5. The van der Waals surface area contributed by atoms with Crippen molar-refractivity contribution in [2.24, 2.45) is 0 Å². The Bertz CT molecular complexity index is 871. The van der Waals surface area contributed by atoms with Gasteiger partial charge in [0.15, 0.2) is 0 Å². The zero-order chi connectivity index (χ0) is 20.1. The number of carbonyl (C=O) groups is 1. The molecule has 5 nitrogen and oxygen atoms in total. The maximum Gasteiger partial charge on any atom is 0.461 e. The highest BCUT2D eigenvalue weighted by Gasteiger charge is 2.35. The van der Waals surface area contributed by atoms with Gasteiger partial charge in [0.05, 0.1) is 31.1 Å². The molecule has 1 aliphatic rings. The van der Waals surface area contributed by atoms with Gasteiger partial charge in [0.1, 0.15) is 5.60 Å². The third-order valence-electron chi connectivity index (χ3n) is 4.56. The van der Waals surface area contributed by atoms with Crippen LogP contribution in [0.4, 0.5) is 0 Å². The maximum atomic E-state index is 12.2.